The number of aliphatic imine (C=N–C) groups is 1. The summed E-state index contributed by atoms with van der Waals surface area (Å²) < 4.78 is 0. The van der Waals surface area contributed by atoms with Gasteiger partial charge in [0.1, 0.15) is 11.5 Å². The van der Waals surface area contributed by atoms with Crippen LogP contribution in [0.1, 0.15) is 5.56 Å². The van der Waals surface area contributed by atoms with Crippen molar-refractivity contribution in [3.8, 4) is 0 Å². The third-order valence-electron chi connectivity index (χ3n) is 3.75. The van der Waals surface area contributed by atoms with Crippen LogP contribution in [-0.4, -0.2) is 28.9 Å². The molecular weight excluding hydrogens is 302 g/mol. The molecule has 1 aromatic carbocycles. The second kappa shape index (κ2) is 6.04. The van der Waals surface area contributed by atoms with E-state index in [1.807, 2.05) is 30.3 Å². The van der Waals surface area contributed by atoms with Gasteiger partial charge < -0.3 is 11.1 Å². The van der Waals surface area contributed by atoms with Crippen molar-refractivity contribution in [2.75, 3.05) is 18.8 Å². The summed E-state index contributed by atoms with van der Waals surface area (Å²) in [6, 6.07) is 11.5. The third kappa shape index (κ3) is 2.67. The van der Waals surface area contributed by atoms with Crippen LogP contribution in [0, 0.1) is 0 Å². The third-order valence-corrected chi connectivity index (χ3v) is 3.75. The molecule has 3 aromatic rings. The van der Waals surface area contributed by atoms with Gasteiger partial charge in [-0.2, -0.15) is 0 Å². The van der Waals surface area contributed by atoms with Crippen LogP contribution in [0.2, 0.25) is 0 Å². The Morgan fingerprint density at radius 2 is 1.92 bits per heavy atom. The number of nitrogens with zero attached hydrogens (tertiary/aromatic N) is 5. The quantitative estimate of drug-likeness (QED) is 0.725. The van der Waals surface area contributed by atoms with E-state index in [-0.39, 0.29) is 0 Å². The summed E-state index contributed by atoms with van der Waals surface area (Å²) >= 11 is 0. The number of nitrogens with one attached hydrogen (secondary N) is 1. The summed E-state index contributed by atoms with van der Waals surface area (Å²) in [6.45, 7) is 1.66. The lowest BCUT2D eigenvalue weighted by molar-refractivity contribution is 0.959. The summed E-state index contributed by atoms with van der Waals surface area (Å²) in [7, 11) is 0. The van der Waals surface area contributed by atoms with E-state index < -0.39 is 0 Å². The SMILES string of the molecule is Nc1ncc2ccccc2c1/N=N/c1ccc(C2=NCCN2)cn1. The minimum atomic E-state index is 0.346. The predicted octanol–water partition coefficient (Wildman–Crippen LogP) is 2.98. The van der Waals surface area contributed by atoms with E-state index in [1.54, 1.807) is 18.5 Å². The maximum atomic E-state index is 5.95. The molecule has 0 unspecified atom stereocenters. The standard InChI is InChI=1S/C17H15N7/c18-16-15(13-4-2-1-3-11(13)9-22-16)24-23-14-6-5-12(10-21-14)17-19-7-8-20-17/h1-6,9-10H,7-8H2,(H2,18,22)(H,19,20)/b24-23+. The molecule has 0 amide bonds. The molecule has 7 nitrogen and oxygen atoms in total. The minimum absolute atomic E-state index is 0.346. The summed E-state index contributed by atoms with van der Waals surface area (Å²) in [5.41, 5.74) is 7.45. The Hall–Kier alpha value is -3.35. The van der Waals surface area contributed by atoms with Crippen molar-refractivity contribution in [3.63, 3.8) is 0 Å². The van der Waals surface area contributed by atoms with Crippen LogP contribution in [-0.2, 0) is 0 Å². The van der Waals surface area contributed by atoms with Gasteiger partial charge >= 0.3 is 0 Å². The second-order valence-electron chi connectivity index (χ2n) is 5.34. The molecule has 1 aliphatic rings. The number of nitrogen functional groups attached to an aromatic ring is 1. The van der Waals surface area contributed by atoms with Crippen LogP contribution in [0.25, 0.3) is 10.8 Å². The Labute approximate surface area is 138 Å². The molecule has 118 valence electrons. The number of anilines is 1. The molecule has 0 fully saturated rings. The van der Waals surface area contributed by atoms with E-state index in [0.717, 1.165) is 35.3 Å². The van der Waals surface area contributed by atoms with Crippen molar-refractivity contribution in [2.45, 2.75) is 0 Å². The average molecular weight is 317 g/mol. The molecule has 7 heteroatoms. The normalized spacial score (nSPS) is 14.1. The predicted molar refractivity (Wildman–Crippen MR) is 94.0 cm³/mol. The lowest BCUT2D eigenvalue weighted by Gasteiger charge is -2.04. The number of fused-ring (bicyclic) bond motifs is 1. The summed E-state index contributed by atoms with van der Waals surface area (Å²) in [6.07, 6.45) is 3.46. The molecule has 1 aliphatic heterocycles. The van der Waals surface area contributed by atoms with Crippen LogP contribution < -0.4 is 11.1 Å². The summed E-state index contributed by atoms with van der Waals surface area (Å²) in [4.78, 5) is 12.8. The van der Waals surface area contributed by atoms with E-state index in [1.165, 1.54) is 0 Å². The van der Waals surface area contributed by atoms with Crippen LogP contribution >= 0.6 is 0 Å². The molecule has 0 saturated carbocycles. The van der Waals surface area contributed by atoms with Crippen molar-refractivity contribution in [2.24, 2.45) is 15.2 Å². The van der Waals surface area contributed by atoms with Gasteiger partial charge in [0.2, 0.25) is 0 Å². The lowest BCUT2D eigenvalue weighted by atomic mass is 10.1. The number of hydrogen-bond acceptors (Lipinski definition) is 7. The first-order chi connectivity index (χ1) is 11.8. The number of azo groups is 1. The van der Waals surface area contributed by atoms with Crippen LogP contribution in [0.15, 0.2) is 64.0 Å². The smallest absolute Gasteiger partial charge is 0.174 e. The van der Waals surface area contributed by atoms with Gasteiger partial charge in [-0.15, -0.1) is 10.2 Å². The molecule has 0 radical (unpaired) electrons. The molecule has 0 bridgehead atoms. The van der Waals surface area contributed by atoms with Crippen LogP contribution in [0.4, 0.5) is 17.3 Å². The van der Waals surface area contributed by atoms with E-state index in [2.05, 4.69) is 30.5 Å². The maximum Gasteiger partial charge on any atom is 0.174 e. The zero-order chi connectivity index (χ0) is 16.4. The van der Waals surface area contributed by atoms with Crippen molar-refractivity contribution >= 4 is 33.9 Å². The van der Waals surface area contributed by atoms with Gasteiger partial charge in [0.15, 0.2) is 11.6 Å². The van der Waals surface area contributed by atoms with Crippen molar-refractivity contribution in [1.82, 2.24) is 15.3 Å². The molecule has 3 heterocycles. The van der Waals surface area contributed by atoms with E-state index >= 15 is 0 Å². The highest BCUT2D eigenvalue weighted by Gasteiger charge is 2.08. The van der Waals surface area contributed by atoms with Gasteiger partial charge in [0.05, 0.1) is 6.54 Å². The molecule has 3 N–H and O–H groups in total. The monoisotopic (exact) mass is 317 g/mol. The Bertz CT molecular complexity index is 945. The maximum absolute atomic E-state index is 5.95. The molecule has 24 heavy (non-hydrogen) atoms. The molecule has 0 atom stereocenters. The fraction of sp³-hybridized carbons (Fsp3) is 0.118. The summed E-state index contributed by atoms with van der Waals surface area (Å²) in [5, 5.41) is 13.5. The van der Waals surface area contributed by atoms with Crippen molar-refractivity contribution < 1.29 is 0 Å². The fourth-order valence-electron chi connectivity index (χ4n) is 2.55. The summed E-state index contributed by atoms with van der Waals surface area (Å²) in [5.74, 6) is 1.72. The molecular formula is C17H15N7. The highest BCUT2D eigenvalue weighted by Crippen LogP contribution is 2.31. The highest BCUT2D eigenvalue weighted by atomic mass is 15.2. The molecule has 0 aliphatic carbocycles. The first-order valence-corrected chi connectivity index (χ1v) is 7.61. The topological polar surface area (TPSA) is 101 Å². The van der Waals surface area contributed by atoms with E-state index in [4.69, 9.17) is 5.73 Å². The Kier molecular flexibility index (Phi) is 3.59. The zero-order valence-electron chi connectivity index (χ0n) is 12.8. The number of aromatic nitrogens is 2. The molecule has 2 aromatic heterocycles. The van der Waals surface area contributed by atoms with E-state index in [9.17, 15) is 0 Å². The number of hydrogen-bond donors (Lipinski definition) is 2. The zero-order valence-corrected chi connectivity index (χ0v) is 12.8. The first kappa shape index (κ1) is 14.3. The second-order valence-corrected chi connectivity index (χ2v) is 5.34. The molecule has 0 saturated heterocycles. The largest absolute Gasteiger partial charge is 0.382 e. The van der Waals surface area contributed by atoms with Gasteiger partial charge in [-0.3, -0.25) is 4.99 Å². The molecule has 0 spiro atoms. The average Bonchev–Trinajstić information content (AvgIpc) is 3.16. The van der Waals surface area contributed by atoms with Gasteiger partial charge in [0.25, 0.3) is 0 Å². The van der Waals surface area contributed by atoms with Gasteiger partial charge in [-0.25, -0.2) is 9.97 Å². The Balaban J connectivity index is 1.64. The number of nitrogens with two attached hydrogens (primary N) is 1. The van der Waals surface area contributed by atoms with Gasteiger partial charge in [-0.05, 0) is 12.1 Å². The first-order valence-electron chi connectivity index (χ1n) is 7.61. The van der Waals surface area contributed by atoms with Gasteiger partial charge in [0, 0.05) is 35.3 Å². The van der Waals surface area contributed by atoms with Gasteiger partial charge in [-0.1, -0.05) is 24.3 Å². The lowest BCUT2D eigenvalue weighted by Crippen LogP contribution is -2.19. The number of amidine groups is 1. The highest BCUT2D eigenvalue weighted by molar-refractivity contribution is 5.99. The van der Waals surface area contributed by atoms with Crippen LogP contribution in [0.5, 0.6) is 0 Å². The van der Waals surface area contributed by atoms with Crippen molar-refractivity contribution in [3.05, 3.63) is 54.4 Å². The Morgan fingerprint density at radius 3 is 2.71 bits per heavy atom. The Morgan fingerprint density at radius 1 is 1.00 bits per heavy atom. The van der Waals surface area contributed by atoms with Crippen LogP contribution in [0.3, 0.4) is 0 Å². The number of benzene rings is 1. The minimum Gasteiger partial charge on any atom is -0.382 e. The van der Waals surface area contributed by atoms with E-state index in [0.29, 0.717) is 17.3 Å². The number of rotatable bonds is 3. The van der Waals surface area contributed by atoms with Crippen molar-refractivity contribution in [1.29, 1.82) is 0 Å². The number of pyridine rings is 2. The fourth-order valence-corrected chi connectivity index (χ4v) is 2.55. The molecule has 4 rings (SSSR count).